The Labute approximate surface area is 147 Å². The minimum Gasteiger partial charge on any atom is -0.389 e. The highest BCUT2D eigenvalue weighted by Gasteiger charge is 2.22. The Morgan fingerprint density at radius 3 is 2.40 bits per heavy atom. The van der Waals surface area contributed by atoms with Gasteiger partial charge in [0.05, 0.1) is 22.4 Å². The van der Waals surface area contributed by atoms with Gasteiger partial charge in [0.2, 0.25) is 0 Å². The topological polar surface area (TPSA) is 53.4 Å². The van der Waals surface area contributed by atoms with Crippen molar-refractivity contribution >= 4 is 16.8 Å². The zero-order valence-corrected chi connectivity index (χ0v) is 14.7. The summed E-state index contributed by atoms with van der Waals surface area (Å²) in [4.78, 5) is 19.3. The number of pyridine rings is 1. The summed E-state index contributed by atoms with van der Waals surface area (Å²) in [7, 11) is 1.71. The molecular weight excluding hydrogens is 312 g/mol. The van der Waals surface area contributed by atoms with Crippen LogP contribution in [0.5, 0.6) is 0 Å². The van der Waals surface area contributed by atoms with Gasteiger partial charge in [-0.3, -0.25) is 4.79 Å². The number of hydrogen-bond donors (Lipinski definition) is 1. The van der Waals surface area contributed by atoms with Crippen molar-refractivity contribution in [2.75, 3.05) is 13.6 Å². The van der Waals surface area contributed by atoms with Crippen LogP contribution in [0, 0.1) is 0 Å². The van der Waals surface area contributed by atoms with Crippen LogP contribution in [0.1, 0.15) is 24.2 Å². The Kier molecular flexibility index (Phi) is 4.55. The Bertz CT molecular complexity index is 899. The summed E-state index contributed by atoms with van der Waals surface area (Å²) in [6.45, 7) is 3.64. The van der Waals surface area contributed by atoms with Gasteiger partial charge in [0.15, 0.2) is 0 Å². The van der Waals surface area contributed by atoms with E-state index in [0.29, 0.717) is 5.56 Å². The van der Waals surface area contributed by atoms with Crippen molar-refractivity contribution in [3.8, 4) is 11.3 Å². The van der Waals surface area contributed by atoms with E-state index in [1.165, 1.54) is 0 Å². The summed E-state index contributed by atoms with van der Waals surface area (Å²) in [5, 5.41) is 10.8. The molecule has 0 radical (unpaired) electrons. The summed E-state index contributed by atoms with van der Waals surface area (Å²) in [6.07, 6.45) is 0. The van der Waals surface area contributed by atoms with Gasteiger partial charge in [-0.05, 0) is 26.0 Å². The average molecular weight is 334 g/mol. The molecule has 4 nitrogen and oxygen atoms in total. The van der Waals surface area contributed by atoms with Crippen LogP contribution in [0.3, 0.4) is 0 Å². The maximum absolute atomic E-state index is 13.0. The molecule has 25 heavy (non-hydrogen) atoms. The van der Waals surface area contributed by atoms with Crippen molar-refractivity contribution in [2.45, 2.75) is 19.4 Å². The predicted molar refractivity (Wildman–Crippen MR) is 100 cm³/mol. The maximum atomic E-state index is 13.0. The van der Waals surface area contributed by atoms with Gasteiger partial charge in [0, 0.05) is 24.5 Å². The molecule has 1 heterocycles. The molecule has 4 heteroatoms. The molecule has 0 aliphatic rings. The van der Waals surface area contributed by atoms with E-state index in [9.17, 15) is 9.90 Å². The van der Waals surface area contributed by atoms with Gasteiger partial charge in [-0.2, -0.15) is 0 Å². The fourth-order valence-electron chi connectivity index (χ4n) is 2.97. The monoisotopic (exact) mass is 334 g/mol. The van der Waals surface area contributed by atoms with Crippen LogP contribution in [-0.4, -0.2) is 40.1 Å². The van der Waals surface area contributed by atoms with Gasteiger partial charge >= 0.3 is 0 Å². The molecule has 0 saturated carbocycles. The number of aromatic nitrogens is 1. The van der Waals surface area contributed by atoms with Crippen molar-refractivity contribution < 1.29 is 9.90 Å². The molecule has 3 rings (SSSR count). The molecule has 0 aliphatic heterocycles. The van der Waals surface area contributed by atoms with E-state index in [2.05, 4.69) is 0 Å². The largest absolute Gasteiger partial charge is 0.389 e. The molecule has 0 atom stereocenters. The molecule has 0 bridgehead atoms. The average Bonchev–Trinajstić information content (AvgIpc) is 2.59. The van der Waals surface area contributed by atoms with Crippen molar-refractivity contribution in [2.24, 2.45) is 0 Å². The second-order valence-corrected chi connectivity index (χ2v) is 6.91. The van der Waals surface area contributed by atoms with Crippen LogP contribution in [0.25, 0.3) is 22.2 Å². The highest BCUT2D eigenvalue weighted by molar-refractivity contribution is 6.07. The fourth-order valence-corrected chi connectivity index (χ4v) is 2.97. The number of aliphatic hydroxyl groups is 1. The van der Waals surface area contributed by atoms with Crippen molar-refractivity contribution in [3.05, 3.63) is 66.2 Å². The molecule has 128 valence electrons. The number of carbonyl (C=O) groups excluding carboxylic acids is 1. The van der Waals surface area contributed by atoms with Gasteiger partial charge in [-0.15, -0.1) is 0 Å². The number of amides is 1. The molecule has 3 aromatic rings. The first-order valence-electron chi connectivity index (χ1n) is 8.28. The smallest absolute Gasteiger partial charge is 0.254 e. The van der Waals surface area contributed by atoms with Crippen LogP contribution in [-0.2, 0) is 0 Å². The molecule has 1 aromatic heterocycles. The molecule has 0 spiro atoms. The Hall–Kier alpha value is -2.72. The first-order chi connectivity index (χ1) is 11.8. The molecule has 1 amide bonds. The third-order valence-electron chi connectivity index (χ3n) is 3.99. The van der Waals surface area contributed by atoms with Crippen LogP contribution < -0.4 is 0 Å². The standard InChI is InChI=1S/C21H22N2O2/c1-21(2,25)14-23(3)20(24)17-13-19(15-9-5-4-6-10-15)22-18-12-8-7-11-16(17)18/h4-13,25H,14H2,1-3H3. The van der Waals surface area contributed by atoms with Crippen LogP contribution >= 0.6 is 0 Å². The van der Waals surface area contributed by atoms with Crippen molar-refractivity contribution in [3.63, 3.8) is 0 Å². The minimum absolute atomic E-state index is 0.127. The van der Waals surface area contributed by atoms with E-state index >= 15 is 0 Å². The highest BCUT2D eigenvalue weighted by atomic mass is 16.3. The van der Waals surface area contributed by atoms with E-state index in [1.54, 1.807) is 25.8 Å². The number of likely N-dealkylation sites (N-methyl/N-ethyl adjacent to an activating group) is 1. The fraction of sp³-hybridized carbons (Fsp3) is 0.238. The van der Waals surface area contributed by atoms with Crippen LogP contribution in [0.2, 0.25) is 0 Å². The van der Waals surface area contributed by atoms with Gasteiger partial charge in [-0.25, -0.2) is 4.98 Å². The normalized spacial score (nSPS) is 11.5. The van der Waals surface area contributed by atoms with Crippen molar-refractivity contribution in [1.82, 2.24) is 9.88 Å². The van der Waals surface area contributed by atoms with Crippen molar-refractivity contribution in [1.29, 1.82) is 0 Å². The Morgan fingerprint density at radius 2 is 1.72 bits per heavy atom. The third-order valence-corrected chi connectivity index (χ3v) is 3.99. The first kappa shape index (κ1) is 17.1. The summed E-state index contributed by atoms with van der Waals surface area (Å²) in [6, 6.07) is 19.3. The molecule has 1 N–H and O–H groups in total. The lowest BCUT2D eigenvalue weighted by Gasteiger charge is -2.26. The molecular formula is C21H22N2O2. The van der Waals surface area contributed by atoms with Gasteiger partial charge in [-0.1, -0.05) is 48.5 Å². The number of hydrogen-bond acceptors (Lipinski definition) is 3. The molecule has 2 aromatic carbocycles. The van der Waals surface area contributed by atoms with E-state index in [4.69, 9.17) is 4.98 Å². The number of benzene rings is 2. The summed E-state index contributed by atoms with van der Waals surface area (Å²) >= 11 is 0. The van der Waals surface area contributed by atoms with Crippen LogP contribution in [0.4, 0.5) is 0 Å². The first-order valence-corrected chi connectivity index (χ1v) is 8.28. The Morgan fingerprint density at radius 1 is 1.08 bits per heavy atom. The number of nitrogens with zero attached hydrogens (tertiary/aromatic N) is 2. The highest BCUT2D eigenvalue weighted by Crippen LogP contribution is 2.25. The quantitative estimate of drug-likeness (QED) is 0.791. The van der Waals surface area contributed by atoms with E-state index in [0.717, 1.165) is 22.2 Å². The second kappa shape index (κ2) is 6.65. The maximum Gasteiger partial charge on any atom is 0.254 e. The van der Waals surface area contributed by atoms with E-state index in [-0.39, 0.29) is 12.5 Å². The lowest BCUT2D eigenvalue weighted by atomic mass is 10.0. The molecule has 0 fully saturated rings. The summed E-state index contributed by atoms with van der Waals surface area (Å²) in [5.41, 5.74) is 2.15. The van der Waals surface area contributed by atoms with E-state index in [1.807, 2.05) is 60.7 Å². The summed E-state index contributed by atoms with van der Waals surface area (Å²) < 4.78 is 0. The van der Waals surface area contributed by atoms with Gasteiger partial charge in [0.25, 0.3) is 5.91 Å². The zero-order chi connectivity index (χ0) is 18.0. The molecule has 0 unspecified atom stereocenters. The number of carbonyl (C=O) groups is 1. The lowest BCUT2D eigenvalue weighted by Crippen LogP contribution is -2.39. The van der Waals surface area contributed by atoms with Gasteiger partial charge < -0.3 is 10.0 Å². The summed E-state index contributed by atoms with van der Waals surface area (Å²) in [5.74, 6) is -0.127. The lowest BCUT2D eigenvalue weighted by molar-refractivity contribution is 0.0369. The third kappa shape index (κ3) is 3.86. The molecule has 0 aliphatic carbocycles. The van der Waals surface area contributed by atoms with Gasteiger partial charge in [0.1, 0.15) is 0 Å². The van der Waals surface area contributed by atoms with E-state index < -0.39 is 5.60 Å². The molecule has 0 saturated heterocycles. The second-order valence-electron chi connectivity index (χ2n) is 6.91. The number of rotatable bonds is 4. The number of fused-ring (bicyclic) bond motifs is 1. The SMILES string of the molecule is CN(CC(C)(C)O)C(=O)c1cc(-c2ccccc2)nc2ccccc12. The predicted octanol–water partition coefficient (Wildman–Crippen LogP) is 3.74. The number of para-hydroxylation sites is 1. The zero-order valence-electron chi connectivity index (χ0n) is 14.7. The minimum atomic E-state index is -0.949. The Balaban J connectivity index is 2.11. The van der Waals surface area contributed by atoms with Crippen LogP contribution in [0.15, 0.2) is 60.7 Å².